The van der Waals surface area contributed by atoms with E-state index in [2.05, 4.69) is 10.3 Å². The Hall–Kier alpha value is -3.19. The van der Waals surface area contributed by atoms with Crippen molar-refractivity contribution < 1.29 is 14.3 Å². The number of hydrogen-bond donors (Lipinski definition) is 1. The third-order valence-corrected chi connectivity index (χ3v) is 6.21. The maximum atomic E-state index is 13.0. The number of rotatable bonds is 6. The molecule has 0 bridgehead atoms. The van der Waals surface area contributed by atoms with Gasteiger partial charge in [0.25, 0.3) is 5.91 Å². The number of ether oxygens (including phenoxy) is 1. The number of hydrogen-bond acceptors (Lipinski definition) is 5. The zero-order valence-electron chi connectivity index (χ0n) is 17.4. The standard InChI is InChI=1S/C24H25N3O3S/c1-17-7-10-25-22(14-17)26-23(28)18-8-11-27(12-9-18)24(29)19-4-2-5-20(15-19)30-16-21-6-3-13-31-21/h2-7,10,13-15,18H,8-9,11-12,16H2,1H3,(H,25,26,28). The monoisotopic (exact) mass is 435 g/mol. The molecule has 1 aliphatic heterocycles. The number of amides is 2. The minimum atomic E-state index is -0.119. The summed E-state index contributed by atoms with van der Waals surface area (Å²) < 4.78 is 5.82. The topological polar surface area (TPSA) is 71.5 Å². The zero-order chi connectivity index (χ0) is 21.6. The van der Waals surface area contributed by atoms with Crippen LogP contribution in [0.4, 0.5) is 5.82 Å². The molecule has 0 saturated carbocycles. The number of carbonyl (C=O) groups is 2. The fraction of sp³-hybridized carbons (Fsp3) is 0.292. The molecule has 0 unspecified atom stereocenters. The van der Waals surface area contributed by atoms with Gasteiger partial charge >= 0.3 is 0 Å². The molecule has 0 spiro atoms. The molecule has 3 aromatic rings. The second kappa shape index (κ2) is 9.75. The first-order valence-corrected chi connectivity index (χ1v) is 11.2. The fourth-order valence-corrected chi connectivity index (χ4v) is 4.24. The number of aromatic nitrogens is 1. The van der Waals surface area contributed by atoms with Crippen LogP contribution in [-0.2, 0) is 11.4 Å². The van der Waals surface area contributed by atoms with Crippen molar-refractivity contribution in [3.63, 3.8) is 0 Å². The van der Waals surface area contributed by atoms with Gasteiger partial charge in [0.2, 0.25) is 5.91 Å². The second-order valence-corrected chi connectivity index (χ2v) is 8.70. The Kier molecular flexibility index (Phi) is 6.62. The Morgan fingerprint density at radius 3 is 2.74 bits per heavy atom. The van der Waals surface area contributed by atoms with Crippen LogP contribution in [0, 0.1) is 12.8 Å². The lowest BCUT2D eigenvalue weighted by Gasteiger charge is -2.31. The lowest BCUT2D eigenvalue weighted by molar-refractivity contribution is -0.121. The van der Waals surface area contributed by atoms with Crippen LogP contribution >= 0.6 is 11.3 Å². The first kappa shape index (κ1) is 21.1. The number of pyridine rings is 1. The number of piperidine rings is 1. The number of carbonyl (C=O) groups excluding carboxylic acids is 2. The van der Waals surface area contributed by atoms with Gasteiger partial charge in [-0.3, -0.25) is 9.59 Å². The zero-order valence-corrected chi connectivity index (χ0v) is 18.2. The Bertz CT molecular complexity index is 1040. The van der Waals surface area contributed by atoms with Crippen LogP contribution in [0.3, 0.4) is 0 Å². The molecule has 1 N–H and O–H groups in total. The summed E-state index contributed by atoms with van der Waals surface area (Å²) in [6.07, 6.45) is 2.96. The highest BCUT2D eigenvalue weighted by molar-refractivity contribution is 7.09. The van der Waals surface area contributed by atoms with Crippen molar-refractivity contribution in [3.05, 3.63) is 76.1 Å². The summed E-state index contributed by atoms with van der Waals surface area (Å²) >= 11 is 1.64. The van der Waals surface area contributed by atoms with Crippen molar-refractivity contribution in [2.75, 3.05) is 18.4 Å². The predicted molar refractivity (Wildman–Crippen MR) is 121 cm³/mol. The molecule has 4 rings (SSSR count). The van der Waals surface area contributed by atoms with Gasteiger partial charge in [-0.05, 0) is 67.1 Å². The molecule has 1 fully saturated rings. The van der Waals surface area contributed by atoms with E-state index >= 15 is 0 Å². The summed E-state index contributed by atoms with van der Waals surface area (Å²) in [4.78, 5) is 32.7. The van der Waals surface area contributed by atoms with Crippen LogP contribution in [0.5, 0.6) is 5.75 Å². The van der Waals surface area contributed by atoms with Gasteiger partial charge in [0.1, 0.15) is 18.2 Å². The van der Waals surface area contributed by atoms with Crippen LogP contribution in [0.2, 0.25) is 0 Å². The SMILES string of the molecule is Cc1ccnc(NC(=O)C2CCN(C(=O)c3cccc(OCc4cccs4)c3)CC2)c1. The maximum Gasteiger partial charge on any atom is 0.253 e. The average Bonchev–Trinajstić information content (AvgIpc) is 3.31. The first-order chi connectivity index (χ1) is 15.1. The van der Waals surface area contributed by atoms with Crippen LogP contribution in [0.25, 0.3) is 0 Å². The minimum absolute atomic E-state index is 0.0271. The van der Waals surface area contributed by atoms with E-state index in [-0.39, 0.29) is 17.7 Å². The fourth-order valence-electron chi connectivity index (χ4n) is 3.63. The number of anilines is 1. The Morgan fingerprint density at radius 1 is 1.16 bits per heavy atom. The Labute approximate surface area is 185 Å². The smallest absolute Gasteiger partial charge is 0.253 e. The summed E-state index contributed by atoms with van der Waals surface area (Å²) in [5.74, 6) is 1.07. The predicted octanol–water partition coefficient (Wildman–Crippen LogP) is 4.52. The van der Waals surface area contributed by atoms with Gasteiger partial charge in [0.15, 0.2) is 0 Å². The van der Waals surface area contributed by atoms with Crippen molar-refractivity contribution >= 4 is 29.0 Å². The van der Waals surface area contributed by atoms with E-state index in [0.29, 0.717) is 49.7 Å². The van der Waals surface area contributed by atoms with Gasteiger partial charge in [0.05, 0.1) is 0 Å². The van der Waals surface area contributed by atoms with Crippen LogP contribution in [0.15, 0.2) is 60.1 Å². The van der Waals surface area contributed by atoms with E-state index in [1.54, 1.807) is 23.6 Å². The van der Waals surface area contributed by atoms with Crippen molar-refractivity contribution in [3.8, 4) is 5.75 Å². The van der Waals surface area contributed by atoms with Crippen LogP contribution < -0.4 is 10.1 Å². The maximum absolute atomic E-state index is 13.0. The molecule has 1 aliphatic rings. The first-order valence-electron chi connectivity index (χ1n) is 10.4. The number of likely N-dealkylation sites (tertiary alicyclic amines) is 1. The molecule has 1 saturated heterocycles. The third kappa shape index (κ3) is 5.49. The lowest BCUT2D eigenvalue weighted by Crippen LogP contribution is -2.41. The van der Waals surface area contributed by atoms with Gasteiger partial charge in [-0.25, -0.2) is 4.98 Å². The van der Waals surface area contributed by atoms with E-state index in [1.165, 1.54) is 0 Å². The van der Waals surface area contributed by atoms with Gasteiger partial charge in [-0.1, -0.05) is 12.1 Å². The highest BCUT2D eigenvalue weighted by Crippen LogP contribution is 2.23. The van der Waals surface area contributed by atoms with Gasteiger partial charge in [-0.15, -0.1) is 11.3 Å². The van der Waals surface area contributed by atoms with E-state index in [0.717, 1.165) is 10.4 Å². The molecule has 31 heavy (non-hydrogen) atoms. The molecule has 3 heterocycles. The number of aryl methyl sites for hydroxylation is 1. The number of nitrogens with zero attached hydrogens (tertiary/aromatic N) is 2. The number of nitrogens with one attached hydrogen (secondary N) is 1. The summed E-state index contributed by atoms with van der Waals surface area (Å²) in [5.41, 5.74) is 1.66. The third-order valence-electron chi connectivity index (χ3n) is 5.36. The molecule has 0 radical (unpaired) electrons. The number of thiophene rings is 1. The van der Waals surface area contributed by atoms with E-state index in [4.69, 9.17) is 4.74 Å². The molecule has 2 aromatic heterocycles. The molecule has 7 heteroatoms. The van der Waals surface area contributed by atoms with Gasteiger partial charge in [-0.2, -0.15) is 0 Å². The molecule has 0 atom stereocenters. The molecular weight excluding hydrogens is 410 g/mol. The summed E-state index contributed by atoms with van der Waals surface area (Å²) in [5, 5.41) is 4.91. The van der Waals surface area contributed by atoms with Gasteiger partial charge in [0, 0.05) is 35.6 Å². The van der Waals surface area contributed by atoms with Crippen molar-refractivity contribution in [1.29, 1.82) is 0 Å². The highest BCUT2D eigenvalue weighted by Gasteiger charge is 2.28. The van der Waals surface area contributed by atoms with Gasteiger partial charge < -0.3 is 15.0 Å². The molecule has 160 valence electrons. The molecule has 1 aromatic carbocycles. The Balaban J connectivity index is 1.30. The molecule has 0 aliphatic carbocycles. The molecule has 6 nitrogen and oxygen atoms in total. The lowest BCUT2D eigenvalue weighted by atomic mass is 9.95. The quantitative estimate of drug-likeness (QED) is 0.618. The van der Waals surface area contributed by atoms with Crippen molar-refractivity contribution in [2.45, 2.75) is 26.4 Å². The summed E-state index contributed by atoms with van der Waals surface area (Å²) in [6.45, 7) is 3.56. The summed E-state index contributed by atoms with van der Waals surface area (Å²) in [7, 11) is 0. The average molecular weight is 436 g/mol. The van der Waals surface area contributed by atoms with E-state index in [1.807, 2.05) is 59.7 Å². The number of benzene rings is 1. The normalized spacial score (nSPS) is 14.3. The van der Waals surface area contributed by atoms with Crippen LogP contribution in [-0.4, -0.2) is 34.8 Å². The second-order valence-electron chi connectivity index (χ2n) is 7.67. The van der Waals surface area contributed by atoms with Crippen LogP contribution in [0.1, 0.15) is 33.6 Å². The van der Waals surface area contributed by atoms with E-state index in [9.17, 15) is 9.59 Å². The Morgan fingerprint density at radius 2 is 2.00 bits per heavy atom. The molecule has 2 amide bonds. The highest BCUT2D eigenvalue weighted by atomic mass is 32.1. The van der Waals surface area contributed by atoms with Crippen molar-refractivity contribution in [1.82, 2.24) is 9.88 Å². The minimum Gasteiger partial charge on any atom is -0.488 e. The summed E-state index contributed by atoms with van der Waals surface area (Å²) in [6, 6.07) is 15.1. The molecular formula is C24H25N3O3S. The largest absolute Gasteiger partial charge is 0.488 e. The van der Waals surface area contributed by atoms with Crippen molar-refractivity contribution in [2.24, 2.45) is 5.92 Å². The van der Waals surface area contributed by atoms with E-state index < -0.39 is 0 Å².